The van der Waals surface area contributed by atoms with Crippen molar-refractivity contribution in [1.82, 2.24) is 15.0 Å². The van der Waals surface area contributed by atoms with E-state index >= 15 is 0 Å². The van der Waals surface area contributed by atoms with Crippen LogP contribution in [0, 0.1) is 6.92 Å². The minimum absolute atomic E-state index is 0.312. The molecule has 0 saturated carbocycles. The van der Waals surface area contributed by atoms with Crippen molar-refractivity contribution >= 4 is 22.4 Å². The highest BCUT2D eigenvalue weighted by Crippen LogP contribution is 2.35. The van der Waals surface area contributed by atoms with Gasteiger partial charge in [-0.1, -0.05) is 78.9 Å². The quantitative estimate of drug-likeness (QED) is 0.334. The molecule has 2 N–H and O–H groups in total. The lowest BCUT2D eigenvalue weighted by atomic mass is 10.1. The number of benzene rings is 3. The molecule has 0 saturated heterocycles. The Morgan fingerprint density at radius 1 is 0.765 bits per heavy atom. The summed E-state index contributed by atoms with van der Waals surface area (Å²) in [7, 11) is 0. The Kier molecular flexibility index (Phi) is 6.03. The largest absolute Gasteiger partial charge is 0.435 e. The maximum atomic E-state index is 6.60. The summed E-state index contributed by atoms with van der Waals surface area (Å²) in [6, 6.07) is 30.3. The Morgan fingerprint density at radius 3 is 2.12 bits per heavy atom. The van der Waals surface area contributed by atoms with E-state index in [0.29, 0.717) is 36.2 Å². The molecule has 168 valence electrons. The molecule has 6 heteroatoms. The SMILES string of the molecule is Cc1ccc2cccc(Oc3ncnc(N(Cc4ccccc4)Cc4ccccc4)c3N)c2n1. The molecule has 0 atom stereocenters. The Morgan fingerprint density at radius 2 is 1.44 bits per heavy atom. The number of nitrogen functional groups attached to an aromatic ring is 1. The summed E-state index contributed by atoms with van der Waals surface area (Å²) < 4.78 is 6.20. The van der Waals surface area contributed by atoms with Crippen LogP contribution in [-0.2, 0) is 13.1 Å². The van der Waals surface area contributed by atoms with Crippen LogP contribution in [0.15, 0.2) is 97.3 Å². The van der Waals surface area contributed by atoms with Crippen molar-refractivity contribution in [3.8, 4) is 11.6 Å². The first-order chi connectivity index (χ1) is 16.7. The average Bonchev–Trinajstić information content (AvgIpc) is 2.86. The topological polar surface area (TPSA) is 77.2 Å². The summed E-state index contributed by atoms with van der Waals surface area (Å²) in [4.78, 5) is 15.7. The van der Waals surface area contributed by atoms with Gasteiger partial charge in [-0.15, -0.1) is 0 Å². The Bertz CT molecular complexity index is 1370. The molecular formula is C28H25N5O. The zero-order valence-electron chi connectivity index (χ0n) is 18.9. The van der Waals surface area contributed by atoms with Gasteiger partial charge in [-0.2, -0.15) is 4.98 Å². The van der Waals surface area contributed by atoms with Crippen LogP contribution in [0.2, 0.25) is 0 Å². The molecule has 2 aromatic heterocycles. The van der Waals surface area contributed by atoms with Gasteiger partial charge in [-0.05, 0) is 30.2 Å². The lowest BCUT2D eigenvalue weighted by Crippen LogP contribution is -2.24. The van der Waals surface area contributed by atoms with E-state index in [0.717, 1.165) is 27.7 Å². The van der Waals surface area contributed by atoms with E-state index in [2.05, 4.69) is 44.1 Å². The second kappa shape index (κ2) is 9.58. The number of hydrogen-bond acceptors (Lipinski definition) is 6. The van der Waals surface area contributed by atoms with Crippen molar-refractivity contribution in [2.24, 2.45) is 0 Å². The highest BCUT2D eigenvalue weighted by molar-refractivity contribution is 5.85. The van der Waals surface area contributed by atoms with Crippen LogP contribution in [0.3, 0.4) is 0 Å². The molecular weight excluding hydrogens is 422 g/mol. The van der Waals surface area contributed by atoms with E-state index < -0.39 is 0 Å². The van der Waals surface area contributed by atoms with Crippen LogP contribution in [0.25, 0.3) is 10.9 Å². The molecule has 0 spiro atoms. The molecule has 0 aliphatic heterocycles. The molecule has 2 heterocycles. The van der Waals surface area contributed by atoms with E-state index in [1.54, 1.807) is 0 Å². The average molecular weight is 448 g/mol. The fourth-order valence-electron chi connectivity index (χ4n) is 3.92. The molecule has 0 amide bonds. The Labute approximate surface area is 198 Å². The van der Waals surface area contributed by atoms with E-state index in [1.807, 2.05) is 73.7 Å². The van der Waals surface area contributed by atoms with Crippen LogP contribution in [0.5, 0.6) is 11.6 Å². The maximum Gasteiger partial charge on any atom is 0.248 e. The van der Waals surface area contributed by atoms with Gasteiger partial charge >= 0.3 is 0 Å². The predicted octanol–water partition coefficient (Wildman–Crippen LogP) is 5.91. The molecule has 0 unspecified atom stereocenters. The minimum atomic E-state index is 0.312. The maximum absolute atomic E-state index is 6.60. The molecule has 5 aromatic rings. The molecule has 3 aromatic carbocycles. The van der Waals surface area contributed by atoms with Crippen LogP contribution in [0.4, 0.5) is 11.5 Å². The van der Waals surface area contributed by atoms with Crippen LogP contribution in [0.1, 0.15) is 16.8 Å². The number of hydrogen-bond donors (Lipinski definition) is 1. The van der Waals surface area contributed by atoms with Gasteiger partial charge in [0.1, 0.15) is 17.5 Å². The van der Waals surface area contributed by atoms with Gasteiger partial charge in [-0.25, -0.2) is 9.97 Å². The first-order valence-corrected chi connectivity index (χ1v) is 11.1. The Hall–Kier alpha value is -4.45. The number of ether oxygens (including phenoxy) is 1. The fraction of sp³-hybridized carbons (Fsp3) is 0.107. The van der Waals surface area contributed by atoms with Crippen molar-refractivity contribution in [2.75, 3.05) is 10.6 Å². The summed E-state index contributed by atoms with van der Waals surface area (Å²) in [5.74, 6) is 1.55. The number of nitrogens with zero attached hydrogens (tertiary/aromatic N) is 4. The number of fused-ring (bicyclic) bond motifs is 1. The second-order valence-electron chi connectivity index (χ2n) is 8.13. The number of pyridine rings is 1. The van der Waals surface area contributed by atoms with Crippen LogP contribution < -0.4 is 15.4 Å². The van der Waals surface area contributed by atoms with E-state index in [1.165, 1.54) is 6.33 Å². The van der Waals surface area contributed by atoms with Gasteiger partial charge in [-0.3, -0.25) is 0 Å². The van der Waals surface area contributed by atoms with Crippen molar-refractivity contribution in [1.29, 1.82) is 0 Å². The van der Waals surface area contributed by atoms with Crippen molar-refractivity contribution in [3.05, 3.63) is 114 Å². The molecule has 0 bridgehead atoms. The number of anilines is 2. The number of para-hydroxylation sites is 1. The van der Waals surface area contributed by atoms with Gasteiger partial charge in [0.05, 0.1) is 0 Å². The van der Waals surface area contributed by atoms with E-state index in [9.17, 15) is 0 Å². The van der Waals surface area contributed by atoms with Gasteiger partial charge in [0.2, 0.25) is 5.88 Å². The minimum Gasteiger partial charge on any atom is -0.435 e. The zero-order valence-corrected chi connectivity index (χ0v) is 18.9. The molecule has 0 aliphatic carbocycles. The second-order valence-corrected chi connectivity index (χ2v) is 8.13. The third kappa shape index (κ3) is 4.66. The van der Waals surface area contributed by atoms with Gasteiger partial charge in [0.25, 0.3) is 0 Å². The normalized spacial score (nSPS) is 10.9. The lowest BCUT2D eigenvalue weighted by molar-refractivity contribution is 0.468. The molecule has 6 nitrogen and oxygen atoms in total. The molecule has 0 radical (unpaired) electrons. The van der Waals surface area contributed by atoms with Crippen molar-refractivity contribution < 1.29 is 4.74 Å². The predicted molar refractivity (Wildman–Crippen MR) is 136 cm³/mol. The number of nitrogens with two attached hydrogens (primary N) is 1. The Balaban J connectivity index is 1.51. The first kappa shape index (κ1) is 21.4. The fourth-order valence-corrected chi connectivity index (χ4v) is 3.92. The van der Waals surface area contributed by atoms with E-state index in [4.69, 9.17) is 10.5 Å². The summed E-state index contributed by atoms with van der Waals surface area (Å²) in [5, 5.41) is 0.991. The molecule has 0 fully saturated rings. The third-order valence-electron chi connectivity index (χ3n) is 5.59. The third-order valence-corrected chi connectivity index (χ3v) is 5.59. The standard InChI is InChI=1S/C28H25N5O/c1-20-15-16-23-13-8-14-24(26(23)32-20)34-28-25(29)27(30-19-31-28)33(17-21-9-4-2-5-10-21)18-22-11-6-3-7-12-22/h2-16,19H,17-18,29H2,1H3. The molecule has 5 rings (SSSR count). The van der Waals surface area contributed by atoms with Crippen LogP contribution >= 0.6 is 0 Å². The summed E-state index contributed by atoms with van der Waals surface area (Å²) in [6.45, 7) is 3.25. The summed E-state index contributed by atoms with van der Waals surface area (Å²) in [5.41, 5.74) is 11.0. The number of rotatable bonds is 7. The smallest absolute Gasteiger partial charge is 0.248 e. The number of aryl methyl sites for hydroxylation is 1. The summed E-state index contributed by atoms with van der Waals surface area (Å²) >= 11 is 0. The van der Waals surface area contributed by atoms with Crippen molar-refractivity contribution in [3.63, 3.8) is 0 Å². The number of aromatic nitrogens is 3. The lowest BCUT2D eigenvalue weighted by Gasteiger charge is -2.25. The highest BCUT2D eigenvalue weighted by atomic mass is 16.5. The van der Waals surface area contributed by atoms with Gasteiger partial charge in [0, 0.05) is 24.2 Å². The van der Waals surface area contributed by atoms with Crippen LogP contribution in [-0.4, -0.2) is 15.0 Å². The van der Waals surface area contributed by atoms with Gasteiger partial charge < -0.3 is 15.4 Å². The monoisotopic (exact) mass is 447 g/mol. The van der Waals surface area contributed by atoms with Crippen molar-refractivity contribution in [2.45, 2.75) is 20.0 Å². The highest BCUT2D eigenvalue weighted by Gasteiger charge is 2.18. The first-order valence-electron chi connectivity index (χ1n) is 11.1. The summed E-state index contributed by atoms with van der Waals surface area (Å²) in [6.07, 6.45) is 1.49. The molecule has 34 heavy (non-hydrogen) atoms. The van der Waals surface area contributed by atoms with E-state index in [-0.39, 0.29) is 0 Å². The molecule has 0 aliphatic rings. The van der Waals surface area contributed by atoms with Gasteiger partial charge in [0.15, 0.2) is 11.6 Å². The zero-order chi connectivity index (χ0) is 23.3.